The molecule has 0 saturated carbocycles. The van der Waals surface area contributed by atoms with Gasteiger partial charge in [0.2, 0.25) is 0 Å². The predicted octanol–water partition coefficient (Wildman–Crippen LogP) is 2.72. The Bertz CT molecular complexity index is 245. The van der Waals surface area contributed by atoms with Crippen molar-refractivity contribution in [3.05, 3.63) is 34.9 Å². The number of benzene rings is 1. The van der Waals surface area contributed by atoms with Crippen molar-refractivity contribution in [3.63, 3.8) is 0 Å². The fourth-order valence-corrected chi connectivity index (χ4v) is 1.08. The van der Waals surface area contributed by atoms with Crippen LogP contribution in [0.1, 0.15) is 18.5 Å². The van der Waals surface area contributed by atoms with Crippen LogP contribution in [0.2, 0.25) is 5.02 Å². The van der Waals surface area contributed by atoms with Crippen molar-refractivity contribution in [2.24, 2.45) is 0 Å². The van der Waals surface area contributed by atoms with Gasteiger partial charge in [0.25, 0.3) is 0 Å². The molecule has 0 radical (unpaired) electrons. The largest absolute Gasteiger partial charge is 0.314 e. The second-order valence-corrected chi connectivity index (χ2v) is 3.24. The van der Waals surface area contributed by atoms with E-state index in [4.69, 9.17) is 16.8 Å². The second-order valence-electron chi connectivity index (χ2n) is 2.80. The van der Waals surface area contributed by atoms with Crippen LogP contribution in [0.25, 0.3) is 0 Å². The average Bonchev–Trinajstić information content (AvgIpc) is 2.04. The van der Waals surface area contributed by atoms with E-state index < -0.39 is 0 Å². The van der Waals surface area contributed by atoms with Crippen LogP contribution in [-0.2, 0) is 0 Å². The lowest BCUT2D eigenvalue weighted by molar-refractivity contribution is -0.0984. The molecule has 0 heterocycles. The summed E-state index contributed by atoms with van der Waals surface area (Å²) in [7, 11) is 1.62. The number of nitrogens with zero attached hydrogens (tertiary/aromatic N) is 1. The van der Waals surface area contributed by atoms with Crippen molar-refractivity contribution in [2.45, 2.75) is 13.0 Å². The predicted molar refractivity (Wildman–Crippen MR) is 49.4 cm³/mol. The van der Waals surface area contributed by atoms with Crippen LogP contribution in [0.4, 0.5) is 0 Å². The lowest BCUT2D eigenvalue weighted by Gasteiger charge is -2.17. The van der Waals surface area contributed by atoms with E-state index in [2.05, 4.69) is 0 Å². The minimum atomic E-state index is 0.00210. The summed E-state index contributed by atoms with van der Waals surface area (Å²) in [5, 5.41) is 11.0. The standard InChI is InChI=1S/C9H12ClNO/c1-7(11(2)12)8-3-5-9(10)6-4-8/h3-7,12H,1-2H3/t7-/m0/s1. The zero-order valence-electron chi connectivity index (χ0n) is 7.16. The summed E-state index contributed by atoms with van der Waals surface area (Å²) in [5.41, 5.74) is 1.05. The highest BCUT2D eigenvalue weighted by Gasteiger charge is 2.07. The third kappa shape index (κ3) is 2.21. The highest BCUT2D eigenvalue weighted by atomic mass is 35.5. The van der Waals surface area contributed by atoms with Gasteiger partial charge in [-0.1, -0.05) is 23.7 Å². The Morgan fingerprint density at radius 3 is 2.25 bits per heavy atom. The highest BCUT2D eigenvalue weighted by Crippen LogP contribution is 2.18. The third-order valence-electron chi connectivity index (χ3n) is 1.91. The molecule has 0 bridgehead atoms. The van der Waals surface area contributed by atoms with Crippen LogP contribution < -0.4 is 0 Å². The van der Waals surface area contributed by atoms with Crippen molar-refractivity contribution in [2.75, 3.05) is 7.05 Å². The van der Waals surface area contributed by atoms with Gasteiger partial charge in [0.05, 0.1) is 6.04 Å². The summed E-state index contributed by atoms with van der Waals surface area (Å²) >= 11 is 5.72. The monoisotopic (exact) mass is 185 g/mol. The Morgan fingerprint density at radius 1 is 1.33 bits per heavy atom. The van der Waals surface area contributed by atoms with Gasteiger partial charge in [-0.25, -0.2) is 0 Å². The molecule has 3 heteroatoms. The van der Waals surface area contributed by atoms with Gasteiger partial charge in [-0.2, -0.15) is 5.06 Å². The van der Waals surface area contributed by atoms with Crippen LogP contribution in [-0.4, -0.2) is 17.3 Å². The van der Waals surface area contributed by atoms with Crippen molar-refractivity contribution >= 4 is 11.6 Å². The van der Waals surface area contributed by atoms with Gasteiger partial charge < -0.3 is 5.21 Å². The van der Waals surface area contributed by atoms with Crippen LogP contribution in [0.5, 0.6) is 0 Å². The lowest BCUT2D eigenvalue weighted by atomic mass is 10.1. The molecule has 1 N–H and O–H groups in total. The summed E-state index contributed by atoms with van der Waals surface area (Å²) in [6.45, 7) is 1.92. The van der Waals surface area contributed by atoms with E-state index in [1.165, 1.54) is 5.06 Å². The molecule has 2 nitrogen and oxygen atoms in total. The van der Waals surface area contributed by atoms with E-state index in [0.717, 1.165) is 5.56 Å². The summed E-state index contributed by atoms with van der Waals surface area (Å²) < 4.78 is 0. The molecule has 0 aliphatic rings. The molecule has 66 valence electrons. The quantitative estimate of drug-likeness (QED) is 0.717. The van der Waals surface area contributed by atoms with Crippen molar-refractivity contribution in [3.8, 4) is 0 Å². The molecule has 0 saturated heterocycles. The molecular weight excluding hydrogens is 174 g/mol. The summed E-state index contributed by atoms with van der Waals surface area (Å²) in [6.07, 6.45) is 0. The molecule has 1 aromatic rings. The van der Waals surface area contributed by atoms with Gasteiger partial charge in [-0.3, -0.25) is 0 Å². The first-order valence-corrected chi connectivity index (χ1v) is 4.16. The molecule has 0 aromatic heterocycles. The molecule has 0 amide bonds. The molecule has 0 aliphatic carbocycles. The van der Waals surface area contributed by atoms with Gasteiger partial charge in [-0.05, 0) is 24.6 Å². The molecule has 0 spiro atoms. The second kappa shape index (κ2) is 3.90. The number of rotatable bonds is 2. The zero-order chi connectivity index (χ0) is 9.14. The first-order chi connectivity index (χ1) is 5.61. The maximum absolute atomic E-state index is 9.14. The van der Waals surface area contributed by atoms with Crippen LogP contribution in [0, 0.1) is 0 Å². The lowest BCUT2D eigenvalue weighted by Crippen LogP contribution is -2.17. The van der Waals surface area contributed by atoms with E-state index in [-0.39, 0.29) is 6.04 Å². The van der Waals surface area contributed by atoms with Gasteiger partial charge >= 0.3 is 0 Å². The molecule has 0 fully saturated rings. The van der Waals surface area contributed by atoms with E-state index >= 15 is 0 Å². The van der Waals surface area contributed by atoms with Crippen LogP contribution in [0.15, 0.2) is 24.3 Å². The Kier molecular flexibility index (Phi) is 3.09. The Labute approximate surface area is 77.3 Å². The normalized spacial score (nSPS) is 13.4. The fourth-order valence-electron chi connectivity index (χ4n) is 0.957. The summed E-state index contributed by atoms with van der Waals surface area (Å²) in [5.74, 6) is 0. The number of hydroxylamine groups is 2. The molecular formula is C9H12ClNO. The van der Waals surface area contributed by atoms with E-state index in [1.54, 1.807) is 7.05 Å². The zero-order valence-corrected chi connectivity index (χ0v) is 7.92. The summed E-state index contributed by atoms with van der Waals surface area (Å²) in [4.78, 5) is 0. The summed E-state index contributed by atoms with van der Waals surface area (Å²) in [6, 6.07) is 7.44. The third-order valence-corrected chi connectivity index (χ3v) is 2.16. The van der Waals surface area contributed by atoms with Crippen LogP contribution >= 0.6 is 11.6 Å². The van der Waals surface area contributed by atoms with Gasteiger partial charge in [0.1, 0.15) is 0 Å². The van der Waals surface area contributed by atoms with Crippen molar-refractivity contribution in [1.29, 1.82) is 0 Å². The first kappa shape index (κ1) is 9.52. The SMILES string of the molecule is C[C@@H](c1ccc(Cl)cc1)N(C)O. The van der Waals surface area contributed by atoms with Crippen molar-refractivity contribution in [1.82, 2.24) is 5.06 Å². The maximum Gasteiger partial charge on any atom is 0.0568 e. The molecule has 1 atom stereocenters. The van der Waals surface area contributed by atoms with Crippen molar-refractivity contribution < 1.29 is 5.21 Å². The molecule has 1 rings (SSSR count). The minimum Gasteiger partial charge on any atom is -0.314 e. The molecule has 0 aliphatic heterocycles. The smallest absolute Gasteiger partial charge is 0.0568 e. The van der Waals surface area contributed by atoms with E-state index in [1.807, 2.05) is 31.2 Å². The number of hydrogen-bond acceptors (Lipinski definition) is 2. The molecule has 1 aromatic carbocycles. The Hall–Kier alpha value is -0.570. The highest BCUT2D eigenvalue weighted by molar-refractivity contribution is 6.30. The topological polar surface area (TPSA) is 23.5 Å². The number of hydrogen-bond donors (Lipinski definition) is 1. The van der Waals surface area contributed by atoms with E-state index in [0.29, 0.717) is 5.02 Å². The number of halogens is 1. The van der Waals surface area contributed by atoms with Gasteiger partial charge in [0.15, 0.2) is 0 Å². The Balaban J connectivity index is 2.82. The molecule has 12 heavy (non-hydrogen) atoms. The minimum absolute atomic E-state index is 0.00210. The van der Waals surface area contributed by atoms with Gasteiger partial charge in [0, 0.05) is 12.1 Å². The molecule has 0 unspecified atom stereocenters. The van der Waals surface area contributed by atoms with E-state index in [9.17, 15) is 0 Å². The van der Waals surface area contributed by atoms with Crippen LogP contribution in [0.3, 0.4) is 0 Å². The first-order valence-electron chi connectivity index (χ1n) is 3.78. The van der Waals surface area contributed by atoms with Gasteiger partial charge in [-0.15, -0.1) is 0 Å². The fraction of sp³-hybridized carbons (Fsp3) is 0.333. The Morgan fingerprint density at radius 2 is 1.83 bits per heavy atom. The maximum atomic E-state index is 9.14. The average molecular weight is 186 g/mol.